The number of hydrogen-bond acceptors (Lipinski definition) is 8. The Kier molecular flexibility index (Phi) is 10.9. The Balaban J connectivity index is 1.16. The SMILES string of the molecule is Cc1ncsc1-c1ccc([C@H](C)NC(=O)[C@@H]2C[C@@H](O)CN2C(=O)[C@@H](NC(=O)CN2CCC(OC3CC(C)C3)CC2)C(C)(C)C)cc1. The number of thiazole rings is 1. The fourth-order valence-corrected chi connectivity index (χ4v) is 7.65. The molecule has 1 aliphatic carbocycles. The van der Waals surface area contributed by atoms with Gasteiger partial charge in [-0.1, -0.05) is 52.0 Å². The molecule has 2 saturated heterocycles. The molecule has 11 heteroatoms. The van der Waals surface area contributed by atoms with Gasteiger partial charge in [-0.2, -0.15) is 0 Å². The average molecular weight is 654 g/mol. The van der Waals surface area contributed by atoms with Gasteiger partial charge >= 0.3 is 0 Å². The third-order valence-corrected chi connectivity index (χ3v) is 10.7. The van der Waals surface area contributed by atoms with Crippen LogP contribution >= 0.6 is 11.3 Å². The Hall–Kier alpha value is -2.86. The number of β-amino-alcohol motifs (C(OH)–C–C–N with tert-alkyl or cyclic N) is 1. The van der Waals surface area contributed by atoms with Crippen LogP contribution in [0.1, 0.15) is 84.0 Å². The van der Waals surface area contributed by atoms with Crippen LogP contribution in [0, 0.1) is 18.3 Å². The number of aromatic nitrogens is 1. The molecule has 1 saturated carbocycles. The summed E-state index contributed by atoms with van der Waals surface area (Å²) in [5.41, 5.74) is 4.22. The van der Waals surface area contributed by atoms with Gasteiger partial charge in [0.25, 0.3) is 0 Å². The predicted molar refractivity (Wildman–Crippen MR) is 179 cm³/mol. The number of likely N-dealkylation sites (tertiary alicyclic amines) is 2. The molecule has 3 amide bonds. The topological polar surface area (TPSA) is 124 Å². The van der Waals surface area contributed by atoms with E-state index < -0.39 is 23.6 Å². The molecule has 3 heterocycles. The second-order valence-electron chi connectivity index (χ2n) is 14.7. The Bertz CT molecular complexity index is 1360. The molecule has 0 spiro atoms. The number of piperidine rings is 1. The van der Waals surface area contributed by atoms with Crippen LogP contribution in [0.25, 0.3) is 10.4 Å². The summed E-state index contributed by atoms with van der Waals surface area (Å²) in [7, 11) is 0. The van der Waals surface area contributed by atoms with E-state index in [0.717, 1.165) is 66.4 Å². The average Bonchev–Trinajstić information content (AvgIpc) is 3.60. The molecule has 4 atom stereocenters. The third kappa shape index (κ3) is 8.34. The number of hydrogen-bond donors (Lipinski definition) is 3. The van der Waals surface area contributed by atoms with Gasteiger partial charge in [0.1, 0.15) is 12.1 Å². The number of carbonyl (C=O) groups excluding carboxylic acids is 3. The molecule has 0 radical (unpaired) electrons. The van der Waals surface area contributed by atoms with Gasteiger partial charge in [-0.25, -0.2) is 4.98 Å². The summed E-state index contributed by atoms with van der Waals surface area (Å²) >= 11 is 1.59. The summed E-state index contributed by atoms with van der Waals surface area (Å²) in [5, 5.41) is 16.6. The lowest BCUT2D eigenvalue weighted by Crippen LogP contribution is -2.59. The quantitative estimate of drug-likeness (QED) is 0.353. The highest BCUT2D eigenvalue weighted by Gasteiger charge is 2.45. The maximum atomic E-state index is 14.0. The highest BCUT2D eigenvalue weighted by Crippen LogP contribution is 2.32. The largest absolute Gasteiger partial charge is 0.391 e. The van der Waals surface area contributed by atoms with E-state index in [1.54, 1.807) is 11.3 Å². The van der Waals surface area contributed by atoms with E-state index >= 15 is 0 Å². The minimum absolute atomic E-state index is 0.0456. The van der Waals surface area contributed by atoms with Gasteiger partial charge in [0.15, 0.2) is 0 Å². The smallest absolute Gasteiger partial charge is 0.246 e. The lowest BCUT2D eigenvalue weighted by atomic mass is 9.84. The van der Waals surface area contributed by atoms with Crippen molar-refractivity contribution in [2.75, 3.05) is 26.2 Å². The van der Waals surface area contributed by atoms with Gasteiger partial charge in [0, 0.05) is 26.1 Å². The molecular formula is C35H51N5O5S. The molecule has 3 aliphatic rings. The second-order valence-corrected chi connectivity index (χ2v) is 15.5. The van der Waals surface area contributed by atoms with E-state index in [4.69, 9.17) is 4.74 Å². The Labute approximate surface area is 277 Å². The van der Waals surface area contributed by atoms with Crippen molar-refractivity contribution in [3.05, 3.63) is 41.0 Å². The monoisotopic (exact) mass is 653 g/mol. The molecule has 46 heavy (non-hydrogen) atoms. The van der Waals surface area contributed by atoms with Gasteiger partial charge in [0.2, 0.25) is 17.7 Å². The van der Waals surface area contributed by atoms with E-state index in [0.29, 0.717) is 6.10 Å². The zero-order valence-electron chi connectivity index (χ0n) is 28.1. The van der Waals surface area contributed by atoms with Gasteiger partial charge < -0.3 is 25.4 Å². The fraction of sp³-hybridized carbons (Fsp3) is 0.657. The minimum atomic E-state index is -0.845. The minimum Gasteiger partial charge on any atom is -0.391 e. The lowest BCUT2D eigenvalue weighted by molar-refractivity contribution is -0.144. The normalized spacial score (nSPS) is 25.5. The molecule has 0 unspecified atom stereocenters. The lowest BCUT2D eigenvalue weighted by Gasteiger charge is -2.39. The molecule has 10 nitrogen and oxygen atoms in total. The first kappa shape index (κ1) is 34.5. The number of aryl methyl sites for hydroxylation is 1. The van der Waals surface area contributed by atoms with E-state index in [-0.39, 0.29) is 49.4 Å². The Morgan fingerprint density at radius 2 is 1.74 bits per heavy atom. The summed E-state index contributed by atoms with van der Waals surface area (Å²) in [6.45, 7) is 13.7. The first-order chi connectivity index (χ1) is 21.8. The molecule has 3 N–H and O–H groups in total. The van der Waals surface area contributed by atoms with Crippen LogP contribution in [0.15, 0.2) is 29.8 Å². The van der Waals surface area contributed by atoms with Crippen molar-refractivity contribution in [1.82, 2.24) is 25.4 Å². The second kappa shape index (κ2) is 14.5. The van der Waals surface area contributed by atoms with Crippen LogP contribution in [0.2, 0.25) is 0 Å². The number of nitrogens with zero attached hydrogens (tertiary/aromatic N) is 3. The molecule has 5 rings (SSSR count). The number of aliphatic hydroxyl groups is 1. The van der Waals surface area contributed by atoms with Gasteiger partial charge in [-0.3, -0.25) is 19.3 Å². The van der Waals surface area contributed by atoms with Crippen molar-refractivity contribution in [3.63, 3.8) is 0 Å². The van der Waals surface area contributed by atoms with Gasteiger partial charge in [-0.15, -0.1) is 11.3 Å². The van der Waals surface area contributed by atoms with E-state index in [9.17, 15) is 19.5 Å². The molecular weight excluding hydrogens is 602 g/mol. The summed E-state index contributed by atoms with van der Waals surface area (Å²) in [6.07, 6.45) is 4.05. The van der Waals surface area contributed by atoms with Crippen LogP contribution in [-0.4, -0.2) is 94.2 Å². The van der Waals surface area contributed by atoms with Crippen molar-refractivity contribution in [3.8, 4) is 10.4 Å². The molecule has 1 aromatic carbocycles. The van der Waals surface area contributed by atoms with Crippen molar-refractivity contribution in [1.29, 1.82) is 0 Å². The van der Waals surface area contributed by atoms with E-state index in [1.807, 2.05) is 64.4 Å². The summed E-state index contributed by atoms with van der Waals surface area (Å²) in [5.74, 6) is -0.129. The molecule has 0 bridgehead atoms. The summed E-state index contributed by atoms with van der Waals surface area (Å²) < 4.78 is 6.23. The first-order valence-corrected chi connectivity index (χ1v) is 17.6. The highest BCUT2D eigenvalue weighted by molar-refractivity contribution is 7.13. The van der Waals surface area contributed by atoms with Crippen molar-refractivity contribution in [2.45, 2.75) is 110 Å². The van der Waals surface area contributed by atoms with Crippen LogP contribution in [0.5, 0.6) is 0 Å². The number of aliphatic hydroxyl groups excluding tert-OH is 1. The standard InChI is InChI=1S/C35H51N5O5S/c1-21-15-28(16-21)45-27-11-13-39(14-12-27)19-30(42)38-32(35(4,5)6)34(44)40-18-26(41)17-29(40)33(43)37-22(2)24-7-9-25(10-8-24)31-23(3)36-20-46-31/h7-10,20-22,26-29,32,41H,11-19H2,1-6H3,(H,37,43)(H,38,42)/t21?,22-,26+,28?,29-,32+/m0/s1. The third-order valence-electron chi connectivity index (χ3n) is 9.68. The van der Waals surface area contributed by atoms with Crippen molar-refractivity contribution < 1.29 is 24.2 Å². The number of nitrogens with one attached hydrogen (secondary N) is 2. The number of amides is 3. The molecule has 2 aliphatic heterocycles. The first-order valence-electron chi connectivity index (χ1n) is 16.7. The zero-order chi connectivity index (χ0) is 33.2. The molecule has 2 aromatic rings. The summed E-state index contributed by atoms with van der Waals surface area (Å²) in [6, 6.07) is 6.05. The van der Waals surface area contributed by atoms with Crippen molar-refractivity contribution in [2.24, 2.45) is 11.3 Å². The Morgan fingerprint density at radius 1 is 1.07 bits per heavy atom. The summed E-state index contributed by atoms with van der Waals surface area (Å²) in [4.78, 5) is 49.8. The van der Waals surface area contributed by atoms with Crippen molar-refractivity contribution >= 4 is 29.1 Å². The van der Waals surface area contributed by atoms with Gasteiger partial charge in [-0.05, 0) is 62.0 Å². The fourth-order valence-electron chi connectivity index (χ4n) is 6.84. The van der Waals surface area contributed by atoms with E-state index in [1.165, 1.54) is 4.90 Å². The number of ether oxygens (including phenoxy) is 1. The van der Waals surface area contributed by atoms with Crippen LogP contribution in [0.4, 0.5) is 0 Å². The predicted octanol–water partition coefficient (Wildman–Crippen LogP) is 4.07. The molecule has 252 valence electrons. The maximum Gasteiger partial charge on any atom is 0.246 e. The van der Waals surface area contributed by atoms with Crippen LogP contribution in [-0.2, 0) is 19.1 Å². The number of benzene rings is 1. The number of rotatable bonds is 10. The zero-order valence-corrected chi connectivity index (χ0v) is 28.9. The van der Waals surface area contributed by atoms with E-state index in [2.05, 4.69) is 27.4 Å². The number of carbonyl (C=O) groups is 3. The van der Waals surface area contributed by atoms with Crippen LogP contribution in [0.3, 0.4) is 0 Å². The highest BCUT2D eigenvalue weighted by atomic mass is 32.1. The molecule has 3 fully saturated rings. The van der Waals surface area contributed by atoms with Crippen LogP contribution < -0.4 is 10.6 Å². The molecule has 1 aromatic heterocycles. The maximum absolute atomic E-state index is 14.0. The Morgan fingerprint density at radius 3 is 2.33 bits per heavy atom. The van der Waals surface area contributed by atoms with Gasteiger partial charge in [0.05, 0.1) is 47.0 Å².